The van der Waals surface area contributed by atoms with Gasteiger partial charge in [0.2, 0.25) is 0 Å². The van der Waals surface area contributed by atoms with Gasteiger partial charge in [-0.15, -0.1) is 0 Å². The Morgan fingerprint density at radius 3 is 1.64 bits per heavy atom. The van der Waals surface area contributed by atoms with E-state index in [1.807, 2.05) is 0 Å². The molecule has 25 heavy (non-hydrogen) atoms. The Labute approximate surface area is 154 Å². The Bertz CT molecular complexity index is 495. The average Bonchev–Trinajstić information content (AvgIpc) is 2.67. The van der Waals surface area contributed by atoms with Gasteiger partial charge in [0.25, 0.3) is 0 Å². The topological polar surface area (TPSA) is 12.0 Å². The molecule has 0 aromatic heterocycles. The molecule has 0 radical (unpaired) electrons. The fraction of sp³-hybridized carbons (Fsp3) is 0.500. The second-order valence-electron chi connectivity index (χ2n) is 7.05. The lowest BCUT2D eigenvalue weighted by Gasteiger charge is -2.19. The standard InChI is InChI=1S/C24H35N/c1-2-3-4-5-6-7-8-15-20-25-21-24(22-16-11-9-12-17-22)23-18-13-10-14-19-23/h9-14,16-19,24-25H,2-8,15,20-21H2,1H3. The molecule has 2 aromatic carbocycles. The first-order chi connectivity index (χ1) is 12.4. The maximum absolute atomic E-state index is 3.69. The Morgan fingerprint density at radius 1 is 0.640 bits per heavy atom. The summed E-state index contributed by atoms with van der Waals surface area (Å²) in [6, 6.07) is 21.7. The van der Waals surface area contributed by atoms with E-state index in [0.717, 1.165) is 13.1 Å². The summed E-state index contributed by atoms with van der Waals surface area (Å²) in [6.45, 7) is 4.43. The van der Waals surface area contributed by atoms with Crippen molar-refractivity contribution in [1.29, 1.82) is 0 Å². The summed E-state index contributed by atoms with van der Waals surface area (Å²) >= 11 is 0. The van der Waals surface area contributed by atoms with Crippen LogP contribution in [0.1, 0.15) is 75.3 Å². The maximum atomic E-state index is 3.69. The van der Waals surface area contributed by atoms with E-state index in [2.05, 4.69) is 72.9 Å². The van der Waals surface area contributed by atoms with Crippen LogP contribution in [-0.2, 0) is 0 Å². The molecule has 0 unspecified atom stereocenters. The van der Waals surface area contributed by atoms with Crippen molar-refractivity contribution in [1.82, 2.24) is 5.32 Å². The molecule has 1 heteroatoms. The number of unbranched alkanes of at least 4 members (excludes halogenated alkanes) is 7. The van der Waals surface area contributed by atoms with Crippen LogP contribution >= 0.6 is 0 Å². The summed E-state index contributed by atoms with van der Waals surface area (Å²) in [5, 5.41) is 3.69. The van der Waals surface area contributed by atoms with Gasteiger partial charge in [-0.2, -0.15) is 0 Å². The van der Waals surface area contributed by atoms with Crippen LogP contribution in [0.5, 0.6) is 0 Å². The highest BCUT2D eigenvalue weighted by atomic mass is 14.9. The number of benzene rings is 2. The molecule has 0 saturated carbocycles. The zero-order chi connectivity index (χ0) is 17.6. The van der Waals surface area contributed by atoms with Crippen LogP contribution in [0, 0.1) is 0 Å². The molecule has 0 fully saturated rings. The van der Waals surface area contributed by atoms with Crippen molar-refractivity contribution in [3.05, 3.63) is 71.8 Å². The average molecular weight is 338 g/mol. The predicted molar refractivity (Wildman–Crippen MR) is 110 cm³/mol. The lowest BCUT2D eigenvalue weighted by molar-refractivity contribution is 0.548. The minimum absolute atomic E-state index is 0.441. The molecule has 1 nitrogen and oxygen atoms in total. The predicted octanol–water partition coefficient (Wildman–Crippen LogP) is 6.55. The second-order valence-corrected chi connectivity index (χ2v) is 7.05. The minimum atomic E-state index is 0.441. The number of nitrogens with one attached hydrogen (secondary N) is 1. The summed E-state index contributed by atoms with van der Waals surface area (Å²) in [6.07, 6.45) is 11.1. The quantitative estimate of drug-likeness (QED) is 0.409. The first-order valence-corrected chi connectivity index (χ1v) is 10.2. The number of hydrogen-bond donors (Lipinski definition) is 1. The van der Waals surface area contributed by atoms with Crippen molar-refractivity contribution in [2.45, 2.75) is 64.2 Å². The van der Waals surface area contributed by atoms with E-state index < -0.39 is 0 Å². The third kappa shape index (κ3) is 7.88. The summed E-state index contributed by atoms with van der Waals surface area (Å²) in [4.78, 5) is 0. The second kappa shape index (κ2) is 12.7. The van der Waals surface area contributed by atoms with Gasteiger partial charge in [0, 0.05) is 12.5 Å². The molecule has 0 heterocycles. The Morgan fingerprint density at radius 2 is 1.12 bits per heavy atom. The molecule has 0 atom stereocenters. The van der Waals surface area contributed by atoms with E-state index in [1.54, 1.807) is 0 Å². The van der Waals surface area contributed by atoms with Gasteiger partial charge in [0.05, 0.1) is 0 Å². The SMILES string of the molecule is CCCCCCCCCCNCC(c1ccccc1)c1ccccc1. The third-order valence-corrected chi connectivity index (χ3v) is 4.96. The van der Waals surface area contributed by atoms with Crippen molar-refractivity contribution in [3.8, 4) is 0 Å². The van der Waals surface area contributed by atoms with E-state index in [0.29, 0.717) is 5.92 Å². The van der Waals surface area contributed by atoms with E-state index >= 15 is 0 Å². The van der Waals surface area contributed by atoms with Gasteiger partial charge < -0.3 is 5.32 Å². The molecule has 0 amide bonds. The van der Waals surface area contributed by atoms with E-state index in [9.17, 15) is 0 Å². The summed E-state index contributed by atoms with van der Waals surface area (Å²) in [5.74, 6) is 0.441. The molecule has 0 aliphatic heterocycles. The van der Waals surface area contributed by atoms with Crippen molar-refractivity contribution in [2.75, 3.05) is 13.1 Å². The molecule has 0 aliphatic rings. The normalized spacial score (nSPS) is 11.1. The smallest absolute Gasteiger partial charge is 0.0214 e. The van der Waals surface area contributed by atoms with Gasteiger partial charge in [0.1, 0.15) is 0 Å². The summed E-state index contributed by atoms with van der Waals surface area (Å²) in [7, 11) is 0. The molecule has 0 spiro atoms. The zero-order valence-electron chi connectivity index (χ0n) is 15.9. The van der Waals surface area contributed by atoms with E-state index in [4.69, 9.17) is 0 Å². The largest absolute Gasteiger partial charge is 0.316 e. The van der Waals surface area contributed by atoms with Gasteiger partial charge in [-0.1, -0.05) is 113 Å². The van der Waals surface area contributed by atoms with Crippen molar-refractivity contribution in [2.24, 2.45) is 0 Å². The van der Waals surface area contributed by atoms with Crippen LogP contribution in [0.3, 0.4) is 0 Å². The van der Waals surface area contributed by atoms with Crippen LogP contribution in [0.4, 0.5) is 0 Å². The number of hydrogen-bond acceptors (Lipinski definition) is 1. The monoisotopic (exact) mass is 337 g/mol. The van der Waals surface area contributed by atoms with Crippen LogP contribution in [0.2, 0.25) is 0 Å². The van der Waals surface area contributed by atoms with Crippen molar-refractivity contribution < 1.29 is 0 Å². The Balaban J connectivity index is 1.69. The fourth-order valence-corrected chi connectivity index (χ4v) is 3.43. The third-order valence-electron chi connectivity index (χ3n) is 4.96. The molecular formula is C24H35N. The molecule has 0 bridgehead atoms. The lowest BCUT2D eigenvalue weighted by Crippen LogP contribution is -2.23. The fourth-order valence-electron chi connectivity index (χ4n) is 3.43. The molecule has 0 saturated heterocycles. The lowest BCUT2D eigenvalue weighted by atomic mass is 9.91. The maximum Gasteiger partial charge on any atom is 0.0214 e. The van der Waals surface area contributed by atoms with Gasteiger partial charge in [-0.05, 0) is 24.1 Å². The van der Waals surface area contributed by atoms with Gasteiger partial charge in [-0.3, -0.25) is 0 Å². The first-order valence-electron chi connectivity index (χ1n) is 10.2. The highest BCUT2D eigenvalue weighted by molar-refractivity contribution is 5.32. The summed E-state index contributed by atoms with van der Waals surface area (Å²) in [5.41, 5.74) is 2.80. The zero-order valence-corrected chi connectivity index (χ0v) is 15.9. The Kier molecular flexibility index (Phi) is 10.0. The van der Waals surface area contributed by atoms with Crippen LogP contribution < -0.4 is 5.32 Å². The van der Waals surface area contributed by atoms with Crippen molar-refractivity contribution in [3.63, 3.8) is 0 Å². The van der Waals surface area contributed by atoms with Crippen LogP contribution in [0.25, 0.3) is 0 Å². The first kappa shape index (κ1) is 19.7. The van der Waals surface area contributed by atoms with E-state index in [1.165, 1.54) is 62.5 Å². The Hall–Kier alpha value is -1.60. The van der Waals surface area contributed by atoms with Gasteiger partial charge in [-0.25, -0.2) is 0 Å². The van der Waals surface area contributed by atoms with E-state index in [-0.39, 0.29) is 0 Å². The van der Waals surface area contributed by atoms with Crippen LogP contribution in [-0.4, -0.2) is 13.1 Å². The molecule has 2 rings (SSSR count). The highest BCUT2D eigenvalue weighted by Gasteiger charge is 2.12. The molecule has 136 valence electrons. The van der Waals surface area contributed by atoms with Gasteiger partial charge >= 0.3 is 0 Å². The van der Waals surface area contributed by atoms with Crippen molar-refractivity contribution >= 4 is 0 Å². The van der Waals surface area contributed by atoms with Gasteiger partial charge in [0.15, 0.2) is 0 Å². The molecule has 2 aromatic rings. The summed E-state index contributed by atoms with van der Waals surface area (Å²) < 4.78 is 0. The van der Waals surface area contributed by atoms with Crippen LogP contribution in [0.15, 0.2) is 60.7 Å². The number of rotatable bonds is 13. The minimum Gasteiger partial charge on any atom is -0.316 e. The molecular weight excluding hydrogens is 302 g/mol. The molecule has 0 aliphatic carbocycles. The molecule has 1 N–H and O–H groups in total. The highest BCUT2D eigenvalue weighted by Crippen LogP contribution is 2.23.